The number of carboxylic acid groups (broad SMARTS) is 1. The molecule has 0 radical (unpaired) electrons. The minimum absolute atomic E-state index is 0.0617. The van der Waals surface area contributed by atoms with Gasteiger partial charge in [-0.25, -0.2) is 0 Å². The molecule has 94 valence electrons. The molecule has 16 heavy (non-hydrogen) atoms. The quantitative estimate of drug-likeness (QED) is 0.399. The smallest absolute Gasteiger partial charge is 0.303 e. The van der Waals surface area contributed by atoms with Crippen LogP contribution in [0.15, 0.2) is 0 Å². The van der Waals surface area contributed by atoms with Crippen LogP contribution in [0.4, 0.5) is 0 Å². The van der Waals surface area contributed by atoms with E-state index >= 15 is 0 Å². The molecule has 0 aliphatic heterocycles. The lowest BCUT2D eigenvalue weighted by Gasteiger charge is -2.07. The molecule has 0 saturated carbocycles. The second kappa shape index (κ2) is 9.11. The summed E-state index contributed by atoms with van der Waals surface area (Å²) in [7, 11) is 0. The topological polar surface area (TPSA) is 113 Å². The molecule has 0 bridgehead atoms. The van der Waals surface area contributed by atoms with Gasteiger partial charge in [-0.2, -0.15) is 0 Å². The van der Waals surface area contributed by atoms with E-state index in [0.29, 0.717) is 32.2 Å². The number of amides is 1. The van der Waals surface area contributed by atoms with Crippen molar-refractivity contribution in [2.45, 2.75) is 38.2 Å². The van der Waals surface area contributed by atoms with Gasteiger partial charge in [-0.05, 0) is 19.3 Å². The molecule has 0 saturated heterocycles. The molecule has 0 rings (SSSR count). The Hall–Kier alpha value is -1.14. The molecular formula is C10H20N2O4. The zero-order chi connectivity index (χ0) is 12.4. The van der Waals surface area contributed by atoms with Crippen LogP contribution < -0.4 is 11.1 Å². The maximum Gasteiger partial charge on any atom is 0.303 e. The highest BCUT2D eigenvalue weighted by atomic mass is 16.4. The summed E-state index contributed by atoms with van der Waals surface area (Å²) in [5.74, 6) is -0.977. The normalized spacial score (nSPS) is 12.1. The van der Waals surface area contributed by atoms with Gasteiger partial charge in [0.25, 0.3) is 0 Å². The summed E-state index contributed by atoms with van der Waals surface area (Å²) in [6.45, 7) is 0.588. The Labute approximate surface area is 94.8 Å². The zero-order valence-corrected chi connectivity index (χ0v) is 9.32. The van der Waals surface area contributed by atoms with Crippen LogP contribution in [-0.2, 0) is 9.59 Å². The van der Waals surface area contributed by atoms with Crippen LogP contribution in [0.2, 0.25) is 0 Å². The van der Waals surface area contributed by atoms with Gasteiger partial charge in [0.05, 0.1) is 6.10 Å². The fraction of sp³-hybridized carbons (Fsp3) is 0.800. The maximum absolute atomic E-state index is 11.2. The monoisotopic (exact) mass is 232 g/mol. The molecule has 0 aromatic carbocycles. The standard InChI is InChI=1S/C10H20N2O4/c11-7-8(13)3-1-4-9(14)12-6-2-5-10(15)16/h8,13H,1-7,11H2,(H,12,14)(H,15,16)/t8-/m0/s1. The van der Waals surface area contributed by atoms with E-state index in [2.05, 4.69) is 5.32 Å². The Morgan fingerprint density at radius 1 is 1.25 bits per heavy atom. The molecule has 6 heteroatoms. The zero-order valence-electron chi connectivity index (χ0n) is 9.32. The van der Waals surface area contributed by atoms with Gasteiger partial charge in [0.15, 0.2) is 0 Å². The van der Waals surface area contributed by atoms with Gasteiger partial charge in [-0.3, -0.25) is 9.59 Å². The van der Waals surface area contributed by atoms with E-state index in [0.717, 1.165) is 0 Å². The first-order valence-corrected chi connectivity index (χ1v) is 5.43. The van der Waals surface area contributed by atoms with Crippen molar-refractivity contribution in [3.8, 4) is 0 Å². The number of nitrogens with one attached hydrogen (secondary N) is 1. The van der Waals surface area contributed by atoms with Crippen molar-refractivity contribution in [3.63, 3.8) is 0 Å². The number of hydrogen-bond acceptors (Lipinski definition) is 4. The van der Waals surface area contributed by atoms with Crippen molar-refractivity contribution in [1.29, 1.82) is 0 Å². The van der Waals surface area contributed by atoms with Crippen LogP contribution in [-0.4, -0.2) is 41.3 Å². The predicted molar refractivity (Wildman–Crippen MR) is 58.8 cm³/mol. The number of carboxylic acids is 1. The van der Waals surface area contributed by atoms with Gasteiger partial charge < -0.3 is 21.3 Å². The third-order valence-corrected chi connectivity index (χ3v) is 2.10. The van der Waals surface area contributed by atoms with Crippen molar-refractivity contribution in [1.82, 2.24) is 5.32 Å². The number of carbonyl (C=O) groups excluding carboxylic acids is 1. The number of carbonyl (C=O) groups is 2. The SMILES string of the molecule is NC[C@@H](O)CCCC(=O)NCCCC(=O)O. The lowest BCUT2D eigenvalue weighted by atomic mass is 10.1. The van der Waals surface area contributed by atoms with E-state index in [1.807, 2.05) is 0 Å². The minimum atomic E-state index is -0.861. The summed E-state index contributed by atoms with van der Waals surface area (Å²) in [5.41, 5.74) is 5.21. The number of aliphatic hydroxyl groups excluding tert-OH is 1. The van der Waals surface area contributed by atoms with Gasteiger partial charge in [-0.1, -0.05) is 0 Å². The molecule has 0 aliphatic rings. The first kappa shape index (κ1) is 14.9. The van der Waals surface area contributed by atoms with Gasteiger partial charge >= 0.3 is 5.97 Å². The van der Waals surface area contributed by atoms with E-state index in [9.17, 15) is 9.59 Å². The summed E-state index contributed by atoms with van der Waals surface area (Å²) in [5, 5.41) is 20.1. The van der Waals surface area contributed by atoms with Crippen molar-refractivity contribution < 1.29 is 19.8 Å². The van der Waals surface area contributed by atoms with Gasteiger partial charge in [0, 0.05) is 25.9 Å². The number of aliphatic hydroxyl groups is 1. The number of aliphatic carboxylic acids is 1. The minimum Gasteiger partial charge on any atom is -0.481 e. The summed E-state index contributed by atoms with van der Waals surface area (Å²) in [6.07, 6.45) is 1.39. The van der Waals surface area contributed by atoms with Crippen LogP contribution >= 0.6 is 0 Å². The Kier molecular flexibility index (Phi) is 8.46. The molecule has 0 fully saturated rings. The highest BCUT2D eigenvalue weighted by molar-refractivity contribution is 5.75. The van der Waals surface area contributed by atoms with E-state index in [4.69, 9.17) is 15.9 Å². The average Bonchev–Trinajstić information content (AvgIpc) is 2.24. The van der Waals surface area contributed by atoms with E-state index in [1.54, 1.807) is 0 Å². The summed E-state index contributed by atoms with van der Waals surface area (Å²) in [4.78, 5) is 21.4. The number of nitrogens with two attached hydrogens (primary N) is 1. The third kappa shape index (κ3) is 9.42. The molecular weight excluding hydrogens is 212 g/mol. The van der Waals surface area contributed by atoms with E-state index in [1.165, 1.54) is 0 Å². The Morgan fingerprint density at radius 3 is 2.50 bits per heavy atom. The third-order valence-electron chi connectivity index (χ3n) is 2.10. The Balaban J connectivity index is 3.34. The van der Waals surface area contributed by atoms with Crippen molar-refractivity contribution in [2.24, 2.45) is 5.73 Å². The van der Waals surface area contributed by atoms with Crippen LogP contribution in [0.25, 0.3) is 0 Å². The van der Waals surface area contributed by atoms with Gasteiger partial charge in [-0.15, -0.1) is 0 Å². The Bertz CT molecular complexity index is 221. The van der Waals surface area contributed by atoms with Crippen molar-refractivity contribution in [2.75, 3.05) is 13.1 Å². The fourth-order valence-corrected chi connectivity index (χ4v) is 1.17. The van der Waals surface area contributed by atoms with Gasteiger partial charge in [0.2, 0.25) is 5.91 Å². The highest BCUT2D eigenvalue weighted by Crippen LogP contribution is 1.99. The second-order valence-electron chi connectivity index (χ2n) is 3.63. The number of hydrogen-bond donors (Lipinski definition) is 4. The molecule has 0 heterocycles. The van der Waals surface area contributed by atoms with Crippen LogP contribution in [0.1, 0.15) is 32.1 Å². The molecule has 5 N–H and O–H groups in total. The second-order valence-corrected chi connectivity index (χ2v) is 3.63. The first-order chi connectivity index (χ1) is 7.56. The number of rotatable bonds is 9. The molecule has 1 atom stereocenters. The molecule has 0 aromatic heterocycles. The summed E-state index contributed by atoms with van der Waals surface area (Å²) < 4.78 is 0. The lowest BCUT2D eigenvalue weighted by Crippen LogP contribution is -2.25. The fourth-order valence-electron chi connectivity index (χ4n) is 1.17. The average molecular weight is 232 g/mol. The highest BCUT2D eigenvalue weighted by Gasteiger charge is 2.04. The van der Waals surface area contributed by atoms with Crippen molar-refractivity contribution in [3.05, 3.63) is 0 Å². The summed E-state index contributed by atoms with van der Waals surface area (Å²) >= 11 is 0. The summed E-state index contributed by atoms with van der Waals surface area (Å²) in [6, 6.07) is 0. The van der Waals surface area contributed by atoms with E-state index < -0.39 is 12.1 Å². The first-order valence-electron chi connectivity index (χ1n) is 5.43. The molecule has 6 nitrogen and oxygen atoms in total. The molecule has 1 amide bonds. The van der Waals surface area contributed by atoms with E-state index in [-0.39, 0.29) is 18.9 Å². The van der Waals surface area contributed by atoms with Crippen LogP contribution in [0.3, 0.4) is 0 Å². The molecule has 0 aliphatic carbocycles. The largest absolute Gasteiger partial charge is 0.481 e. The molecule has 0 spiro atoms. The van der Waals surface area contributed by atoms with Gasteiger partial charge in [0.1, 0.15) is 0 Å². The maximum atomic E-state index is 11.2. The molecule has 0 aromatic rings. The van der Waals surface area contributed by atoms with Crippen molar-refractivity contribution >= 4 is 11.9 Å². The molecule has 0 unspecified atom stereocenters. The predicted octanol–water partition coefficient (Wildman–Crippen LogP) is -0.543. The Morgan fingerprint density at radius 2 is 1.94 bits per heavy atom. The lowest BCUT2D eigenvalue weighted by molar-refractivity contribution is -0.137. The van der Waals surface area contributed by atoms with Crippen LogP contribution in [0.5, 0.6) is 0 Å². The van der Waals surface area contributed by atoms with Crippen LogP contribution in [0, 0.1) is 0 Å².